The first-order valence-corrected chi connectivity index (χ1v) is 5.28. The van der Waals surface area contributed by atoms with Crippen LogP contribution in [0.3, 0.4) is 0 Å². The van der Waals surface area contributed by atoms with Crippen LogP contribution in [0.1, 0.15) is 48.0 Å². The number of nitrogens with one attached hydrogen (secondary N) is 1. The van der Waals surface area contributed by atoms with Crippen molar-refractivity contribution in [1.29, 1.82) is 0 Å². The normalized spacial score (nSPS) is 15.0. The lowest BCUT2D eigenvalue weighted by atomic mass is 10.1. The molecule has 0 radical (unpaired) electrons. The van der Waals surface area contributed by atoms with Gasteiger partial charge < -0.3 is 10.1 Å². The first-order chi connectivity index (χ1) is 5.87. The Labute approximate surface area is 83.1 Å². The van der Waals surface area contributed by atoms with Crippen LogP contribution in [0.25, 0.3) is 0 Å². The average Bonchev–Trinajstić information content (AvgIpc) is 2.00. The first-order valence-electron chi connectivity index (χ1n) is 5.28. The molecule has 0 rings (SSSR count). The molecule has 0 heterocycles. The molecular formula is C11H25NO. The van der Waals surface area contributed by atoms with Crippen molar-refractivity contribution in [3.63, 3.8) is 0 Å². The highest BCUT2D eigenvalue weighted by molar-refractivity contribution is 4.69. The summed E-state index contributed by atoms with van der Waals surface area (Å²) in [5.41, 5.74) is 0.0120. The largest absolute Gasteiger partial charge is 0.371 e. The molecule has 0 spiro atoms. The molecule has 0 fully saturated rings. The first kappa shape index (κ1) is 12.9. The number of hydrogen-bond donors (Lipinski definition) is 1. The minimum absolute atomic E-state index is 0.0120. The van der Waals surface area contributed by atoms with E-state index in [1.54, 1.807) is 0 Å². The van der Waals surface area contributed by atoms with Gasteiger partial charge in [-0.15, -0.1) is 0 Å². The molecule has 80 valence electrons. The second-order valence-corrected chi connectivity index (χ2v) is 4.60. The molecule has 0 amide bonds. The molecule has 0 aromatic carbocycles. The lowest BCUT2D eigenvalue weighted by Crippen LogP contribution is -2.37. The van der Waals surface area contributed by atoms with Crippen LogP contribution in [0.15, 0.2) is 0 Å². The third-order valence-electron chi connectivity index (χ3n) is 2.19. The van der Waals surface area contributed by atoms with Crippen LogP contribution in [-0.2, 0) is 4.74 Å². The maximum atomic E-state index is 5.87. The fourth-order valence-corrected chi connectivity index (χ4v) is 1.07. The van der Waals surface area contributed by atoms with Gasteiger partial charge in [0.15, 0.2) is 0 Å². The third-order valence-corrected chi connectivity index (χ3v) is 2.19. The summed E-state index contributed by atoms with van der Waals surface area (Å²) in [6.45, 7) is 13.8. The SMILES string of the molecule is CCC(C)(C)OC(C)CNC(C)C. The van der Waals surface area contributed by atoms with Crippen molar-refractivity contribution in [3.05, 3.63) is 0 Å². The fraction of sp³-hybridized carbons (Fsp3) is 1.00. The summed E-state index contributed by atoms with van der Waals surface area (Å²) in [5, 5.41) is 3.37. The zero-order valence-corrected chi connectivity index (χ0v) is 9.98. The smallest absolute Gasteiger partial charge is 0.0678 e. The Bertz CT molecular complexity index is 132. The molecule has 0 aliphatic rings. The van der Waals surface area contributed by atoms with E-state index in [0.717, 1.165) is 13.0 Å². The van der Waals surface area contributed by atoms with Crippen molar-refractivity contribution in [1.82, 2.24) is 5.32 Å². The summed E-state index contributed by atoms with van der Waals surface area (Å²) in [6, 6.07) is 0.538. The molecule has 0 aromatic rings. The minimum atomic E-state index is 0.0120. The van der Waals surface area contributed by atoms with Crippen LogP contribution in [-0.4, -0.2) is 24.3 Å². The van der Waals surface area contributed by atoms with E-state index in [1.807, 2.05) is 0 Å². The lowest BCUT2D eigenvalue weighted by Gasteiger charge is -2.28. The van der Waals surface area contributed by atoms with Crippen molar-refractivity contribution < 1.29 is 4.74 Å². The molecule has 0 bridgehead atoms. The predicted molar refractivity (Wildman–Crippen MR) is 58.1 cm³/mol. The van der Waals surface area contributed by atoms with Crippen LogP contribution in [0.5, 0.6) is 0 Å². The molecule has 1 atom stereocenters. The Hall–Kier alpha value is -0.0800. The summed E-state index contributed by atoms with van der Waals surface area (Å²) in [6.07, 6.45) is 1.34. The second kappa shape index (κ2) is 5.61. The molecule has 0 aliphatic heterocycles. The molecule has 2 nitrogen and oxygen atoms in total. The number of ether oxygens (including phenoxy) is 1. The van der Waals surface area contributed by atoms with E-state index in [9.17, 15) is 0 Å². The summed E-state index contributed by atoms with van der Waals surface area (Å²) in [5.74, 6) is 0. The Morgan fingerprint density at radius 2 is 1.77 bits per heavy atom. The monoisotopic (exact) mass is 187 g/mol. The topological polar surface area (TPSA) is 21.3 Å². The van der Waals surface area contributed by atoms with Crippen LogP contribution < -0.4 is 5.32 Å². The number of hydrogen-bond acceptors (Lipinski definition) is 2. The van der Waals surface area contributed by atoms with Gasteiger partial charge in [-0.3, -0.25) is 0 Å². The molecule has 2 heteroatoms. The van der Waals surface area contributed by atoms with E-state index in [4.69, 9.17) is 4.74 Å². The molecule has 1 unspecified atom stereocenters. The molecule has 1 N–H and O–H groups in total. The maximum Gasteiger partial charge on any atom is 0.0678 e. The van der Waals surface area contributed by atoms with Crippen molar-refractivity contribution >= 4 is 0 Å². The molecule has 0 aromatic heterocycles. The molecule has 13 heavy (non-hydrogen) atoms. The van der Waals surface area contributed by atoms with Gasteiger partial charge in [-0.1, -0.05) is 20.8 Å². The van der Waals surface area contributed by atoms with Crippen LogP contribution in [0, 0.1) is 0 Å². The zero-order valence-electron chi connectivity index (χ0n) is 9.98. The highest BCUT2D eigenvalue weighted by Crippen LogP contribution is 2.15. The van der Waals surface area contributed by atoms with Gasteiger partial charge in [0.25, 0.3) is 0 Å². The van der Waals surface area contributed by atoms with Gasteiger partial charge in [0, 0.05) is 12.6 Å². The van der Waals surface area contributed by atoms with Gasteiger partial charge in [0.05, 0.1) is 11.7 Å². The third kappa shape index (κ3) is 7.03. The molecular weight excluding hydrogens is 162 g/mol. The Kier molecular flexibility index (Phi) is 5.57. The van der Waals surface area contributed by atoms with Gasteiger partial charge in [0.2, 0.25) is 0 Å². The van der Waals surface area contributed by atoms with Crippen LogP contribution in [0.2, 0.25) is 0 Å². The zero-order chi connectivity index (χ0) is 10.5. The van der Waals surface area contributed by atoms with Crippen LogP contribution >= 0.6 is 0 Å². The van der Waals surface area contributed by atoms with Gasteiger partial charge >= 0.3 is 0 Å². The Balaban J connectivity index is 3.67. The standard InChI is InChI=1S/C11H25NO/c1-7-11(5,6)13-10(4)8-12-9(2)3/h9-10,12H,7-8H2,1-6H3. The highest BCUT2D eigenvalue weighted by atomic mass is 16.5. The van der Waals surface area contributed by atoms with Crippen molar-refractivity contribution in [2.45, 2.75) is 65.7 Å². The summed E-state index contributed by atoms with van der Waals surface area (Å²) in [7, 11) is 0. The quantitative estimate of drug-likeness (QED) is 0.690. The van der Waals surface area contributed by atoms with E-state index < -0.39 is 0 Å². The molecule has 0 saturated heterocycles. The van der Waals surface area contributed by atoms with E-state index in [-0.39, 0.29) is 11.7 Å². The fourth-order valence-electron chi connectivity index (χ4n) is 1.07. The predicted octanol–water partition coefficient (Wildman–Crippen LogP) is 2.58. The van der Waals surface area contributed by atoms with E-state index in [0.29, 0.717) is 6.04 Å². The van der Waals surface area contributed by atoms with Gasteiger partial charge in [0.1, 0.15) is 0 Å². The minimum Gasteiger partial charge on any atom is -0.371 e. The van der Waals surface area contributed by atoms with E-state index in [1.165, 1.54) is 0 Å². The summed E-state index contributed by atoms with van der Waals surface area (Å²) in [4.78, 5) is 0. The van der Waals surface area contributed by atoms with Crippen LogP contribution in [0.4, 0.5) is 0 Å². The van der Waals surface area contributed by atoms with Gasteiger partial charge in [-0.05, 0) is 27.2 Å². The molecule has 0 saturated carbocycles. The Morgan fingerprint density at radius 1 is 1.23 bits per heavy atom. The van der Waals surface area contributed by atoms with E-state index >= 15 is 0 Å². The lowest BCUT2D eigenvalue weighted by molar-refractivity contribution is -0.0646. The van der Waals surface area contributed by atoms with Crippen molar-refractivity contribution in [3.8, 4) is 0 Å². The Morgan fingerprint density at radius 3 is 2.15 bits per heavy atom. The molecule has 0 aliphatic carbocycles. The van der Waals surface area contributed by atoms with Gasteiger partial charge in [-0.25, -0.2) is 0 Å². The number of rotatable bonds is 6. The average molecular weight is 187 g/mol. The second-order valence-electron chi connectivity index (χ2n) is 4.60. The van der Waals surface area contributed by atoms with Crippen molar-refractivity contribution in [2.75, 3.05) is 6.54 Å². The van der Waals surface area contributed by atoms with Crippen molar-refractivity contribution in [2.24, 2.45) is 0 Å². The highest BCUT2D eigenvalue weighted by Gasteiger charge is 2.18. The van der Waals surface area contributed by atoms with Gasteiger partial charge in [-0.2, -0.15) is 0 Å². The summed E-state index contributed by atoms with van der Waals surface area (Å²) < 4.78 is 5.87. The van der Waals surface area contributed by atoms with E-state index in [2.05, 4.69) is 46.9 Å². The summed E-state index contributed by atoms with van der Waals surface area (Å²) >= 11 is 0. The maximum absolute atomic E-state index is 5.87.